The van der Waals surface area contributed by atoms with Crippen molar-refractivity contribution in [2.45, 2.75) is 0 Å². The van der Waals surface area contributed by atoms with Gasteiger partial charge in [-0.25, -0.2) is 4.98 Å². The van der Waals surface area contributed by atoms with Crippen LogP contribution in [0.1, 0.15) is 10.6 Å². The molecule has 0 bridgehead atoms. The zero-order chi connectivity index (χ0) is 21.9. The lowest BCUT2D eigenvalue weighted by Gasteiger charge is -2.03. The number of nitrogens with zero attached hydrogens (tertiary/aromatic N) is 2. The smallest absolute Gasteiger partial charge is 0.199 e. The molecular formula is C27H16N2O2S. The van der Waals surface area contributed by atoms with E-state index in [1.165, 1.54) is 17.6 Å². The first-order valence-electron chi connectivity index (χ1n) is 9.97. The van der Waals surface area contributed by atoms with E-state index in [1.54, 1.807) is 24.3 Å². The first-order valence-corrected chi connectivity index (χ1v) is 10.8. The first-order chi connectivity index (χ1) is 15.7. The van der Waals surface area contributed by atoms with Crippen molar-refractivity contribution in [1.29, 1.82) is 5.26 Å². The van der Waals surface area contributed by atoms with E-state index in [0.717, 1.165) is 22.4 Å². The van der Waals surface area contributed by atoms with Crippen LogP contribution in [0.4, 0.5) is 0 Å². The fourth-order valence-electron chi connectivity index (χ4n) is 3.48. The molecule has 0 unspecified atom stereocenters. The Bertz CT molecular complexity index is 1540. The predicted molar refractivity (Wildman–Crippen MR) is 129 cm³/mol. The lowest BCUT2D eigenvalue weighted by atomic mass is 10.0. The summed E-state index contributed by atoms with van der Waals surface area (Å²) >= 11 is 1.37. The Morgan fingerprint density at radius 3 is 2.38 bits per heavy atom. The molecule has 5 rings (SSSR count). The SMILES string of the molecule is N#C/C(=C\c1coc2ccccc2c1=O)c1nc(-c2ccc(-c3ccccc3)cc2)cs1. The fraction of sp³-hybridized carbons (Fsp3) is 0. The van der Waals surface area contributed by atoms with Crippen molar-refractivity contribution in [2.75, 3.05) is 0 Å². The number of fused-ring (bicyclic) bond motifs is 1. The molecule has 0 fully saturated rings. The van der Waals surface area contributed by atoms with E-state index < -0.39 is 0 Å². The lowest BCUT2D eigenvalue weighted by Crippen LogP contribution is -2.04. The molecule has 0 saturated carbocycles. The third-order valence-corrected chi connectivity index (χ3v) is 6.02. The minimum Gasteiger partial charge on any atom is -0.463 e. The molecule has 0 aliphatic heterocycles. The van der Waals surface area contributed by atoms with Crippen LogP contribution < -0.4 is 5.43 Å². The summed E-state index contributed by atoms with van der Waals surface area (Å²) in [4.78, 5) is 17.4. The van der Waals surface area contributed by atoms with Gasteiger partial charge in [0.1, 0.15) is 22.9 Å². The van der Waals surface area contributed by atoms with Crippen molar-refractivity contribution in [2.24, 2.45) is 0 Å². The predicted octanol–water partition coefficient (Wildman–Crippen LogP) is 6.65. The van der Waals surface area contributed by atoms with E-state index >= 15 is 0 Å². The summed E-state index contributed by atoms with van der Waals surface area (Å²) in [6, 6.07) is 27.6. The van der Waals surface area contributed by atoms with Crippen molar-refractivity contribution < 1.29 is 4.42 Å². The van der Waals surface area contributed by atoms with Gasteiger partial charge in [-0.15, -0.1) is 11.3 Å². The van der Waals surface area contributed by atoms with Gasteiger partial charge < -0.3 is 4.42 Å². The van der Waals surface area contributed by atoms with E-state index in [-0.39, 0.29) is 5.43 Å². The average molecular weight is 433 g/mol. The van der Waals surface area contributed by atoms with E-state index in [2.05, 4.69) is 35.3 Å². The average Bonchev–Trinajstić information content (AvgIpc) is 3.35. The number of benzene rings is 3. The zero-order valence-electron chi connectivity index (χ0n) is 16.9. The normalized spacial score (nSPS) is 11.4. The number of thiazole rings is 1. The summed E-state index contributed by atoms with van der Waals surface area (Å²) in [5.74, 6) is 0. The summed E-state index contributed by atoms with van der Waals surface area (Å²) in [6.45, 7) is 0. The molecule has 4 nitrogen and oxygen atoms in total. The number of hydrogen-bond donors (Lipinski definition) is 0. The Morgan fingerprint density at radius 2 is 1.59 bits per heavy atom. The van der Waals surface area contributed by atoms with Gasteiger partial charge in [0.15, 0.2) is 5.43 Å². The molecule has 0 radical (unpaired) electrons. The molecule has 5 heteroatoms. The number of hydrogen-bond acceptors (Lipinski definition) is 5. The van der Waals surface area contributed by atoms with Crippen LogP contribution >= 0.6 is 11.3 Å². The van der Waals surface area contributed by atoms with E-state index in [9.17, 15) is 10.1 Å². The van der Waals surface area contributed by atoms with Crippen molar-refractivity contribution in [3.63, 3.8) is 0 Å². The summed E-state index contributed by atoms with van der Waals surface area (Å²) in [6.07, 6.45) is 2.93. The lowest BCUT2D eigenvalue weighted by molar-refractivity contribution is 0.601. The number of nitriles is 1. The molecule has 0 atom stereocenters. The molecule has 2 aromatic heterocycles. The minimum absolute atomic E-state index is 0.173. The Hall–Kier alpha value is -4.27. The van der Waals surface area contributed by atoms with Gasteiger partial charge in [0.2, 0.25) is 0 Å². The van der Waals surface area contributed by atoms with Gasteiger partial charge in [0.25, 0.3) is 0 Å². The van der Waals surface area contributed by atoms with Crippen LogP contribution in [0.5, 0.6) is 0 Å². The molecule has 2 heterocycles. The van der Waals surface area contributed by atoms with Crippen molar-refractivity contribution >= 4 is 34.0 Å². The number of allylic oxidation sites excluding steroid dienone is 1. The minimum atomic E-state index is -0.173. The van der Waals surface area contributed by atoms with Gasteiger partial charge in [-0.2, -0.15) is 5.26 Å². The molecule has 0 N–H and O–H groups in total. The molecule has 0 aliphatic carbocycles. The van der Waals surface area contributed by atoms with Crippen molar-refractivity contribution in [3.8, 4) is 28.5 Å². The van der Waals surface area contributed by atoms with Crippen LogP contribution in [0.2, 0.25) is 0 Å². The molecule has 5 aromatic rings. The maximum atomic E-state index is 12.8. The summed E-state index contributed by atoms with van der Waals surface area (Å²) < 4.78 is 5.56. The van der Waals surface area contributed by atoms with E-state index in [0.29, 0.717) is 27.1 Å². The molecule has 0 spiro atoms. The Morgan fingerprint density at radius 1 is 0.906 bits per heavy atom. The van der Waals surface area contributed by atoms with E-state index in [4.69, 9.17) is 4.42 Å². The second-order valence-electron chi connectivity index (χ2n) is 7.17. The van der Waals surface area contributed by atoms with Crippen LogP contribution in [0, 0.1) is 11.3 Å². The van der Waals surface area contributed by atoms with Crippen LogP contribution in [0.25, 0.3) is 45.0 Å². The first kappa shape index (κ1) is 19.7. The number of rotatable bonds is 4. The molecule has 152 valence electrons. The highest BCUT2D eigenvalue weighted by molar-refractivity contribution is 7.11. The molecule has 0 saturated heterocycles. The highest BCUT2D eigenvalue weighted by atomic mass is 32.1. The molecule has 3 aromatic carbocycles. The maximum Gasteiger partial charge on any atom is 0.199 e. The molecule has 0 aliphatic rings. The second-order valence-corrected chi connectivity index (χ2v) is 8.03. The highest BCUT2D eigenvalue weighted by Gasteiger charge is 2.12. The zero-order valence-corrected chi connectivity index (χ0v) is 17.7. The highest BCUT2D eigenvalue weighted by Crippen LogP contribution is 2.29. The van der Waals surface area contributed by atoms with Crippen molar-refractivity contribution in [1.82, 2.24) is 4.98 Å². The Kier molecular flexibility index (Phi) is 5.20. The van der Waals surface area contributed by atoms with Crippen LogP contribution in [-0.2, 0) is 0 Å². The number of aromatic nitrogens is 1. The van der Waals surface area contributed by atoms with Gasteiger partial charge in [0.05, 0.1) is 22.2 Å². The van der Waals surface area contributed by atoms with Gasteiger partial charge in [0, 0.05) is 10.9 Å². The largest absolute Gasteiger partial charge is 0.463 e. The van der Waals surface area contributed by atoms with Gasteiger partial charge >= 0.3 is 0 Å². The van der Waals surface area contributed by atoms with Crippen LogP contribution in [0.3, 0.4) is 0 Å². The Balaban J connectivity index is 1.46. The monoisotopic (exact) mass is 432 g/mol. The Labute approximate surface area is 188 Å². The molecular weight excluding hydrogens is 416 g/mol. The molecule has 32 heavy (non-hydrogen) atoms. The standard InChI is InChI=1S/C27H16N2O2S/c28-15-21(14-22-16-31-25-9-5-4-8-23(25)26(22)30)27-29-24(17-32-27)20-12-10-19(11-13-20)18-6-2-1-3-7-18/h1-14,16-17H/b21-14+. The summed E-state index contributed by atoms with van der Waals surface area (Å²) in [5, 5.41) is 12.7. The second kappa shape index (κ2) is 8.46. The van der Waals surface area contributed by atoms with Crippen LogP contribution in [0.15, 0.2) is 99.7 Å². The number of para-hydroxylation sites is 1. The quantitative estimate of drug-likeness (QED) is 0.298. The third-order valence-electron chi connectivity index (χ3n) is 5.15. The third kappa shape index (κ3) is 3.76. The molecule has 0 amide bonds. The maximum absolute atomic E-state index is 12.8. The van der Waals surface area contributed by atoms with Gasteiger partial charge in [-0.05, 0) is 29.3 Å². The fourth-order valence-corrected chi connectivity index (χ4v) is 4.28. The topological polar surface area (TPSA) is 66.9 Å². The van der Waals surface area contributed by atoms with E-state index in [1.807, 2.05) is 41.8 Å². The van der Waals surface area contributed by atoms with Crippen molar-refractivity contribution in [3.05, 3.63) is 111 Å². The van der Waals surface area contributed by atoms with Gasteiger partial charge in [-0.1, -0.05) is 66.7 Å². The van der Waals surface area contributed by atoms with Gasteiger partial charge in [-0.3, -0.25) is 4.79 Å². The summed E-state index contributed by atoms with van der Waals surface area (Å²) in [7, 11) is 0. The van der Waals surface area contributed by atoms with Crippen LogP contribution in [-0.4, -0.2) is 4.98 Å². The summed E-state index contributed by atoms with van der Waals surface area (Å²) in [5.41, 5.74) is 5.03.